The Hall–Kier alpha value is -1.87. The van der Waals surface area contributed by atoms with Gasteiger partial charge in [0.25, 0.3) is 0 Å². The normalized spacial score (nSPS) is 10.8. The number of unbranched alkanes of at least 4 members (excludes halogenated alkanes) is 1. The van der Waals surface area contributed by atoms with Crippen LogP contribution in [-0.4, -0.2) is 11.7 Å². The number of ether oxygens (including phenoxy) is 1. The van der Waals surface area contributed by atoms with Crippen molar-refractivity contribution in [3.8, 4) is 11.1 Å². The van der Waals surface area contributed by atoms with Gasteiger partial charge < -0.3 is 9.30 Å². The highest BCUT2D eigenvalue weighted by Gasteiger charge is 2.09. The molecule has 0 aliphatic heterocycles. The van der Waals surface area contributed by atoms with Gasteiger partial charge in [-0.05, 0) is 24.0 Å². The van der Waals surface area contributed by atoms with Gasteiger partial charge in [-0.3, -0.25) is 4.79 Å². The third kappa shape index (κ3) is 3.82. The molecule has 1 heterocycles. The Morgan fingerprint density at radius 2 is 2.05 bits per heavy atom. The Morgan fingerprint density at radius 1 is 1.24 bits per heavy atom. The van der Waals surface area contributed by atoms with Crippen LogP contribution >= 0.6 is 0 Å². The number of benzene rings is 1. The topological polar surface area (TPSA) is 31.2 Å². The predicted octanol–water partition coefficient (Wildman–Crippen LogP) is 3.54. The van der Waals surface area contributed by atoms with Crippen molar-refractivity contribution in [3.05, 3.63) is 58.0 Å². The van der Waals surface area contributed by atoms with Crippen LogP contribution in [0.1, 0.15) is 30.9 Å². The van der Waals surface area contributed by atoms with Crippen LogP contribution in [0.5, 0.6) is 0 Å². The van der Waals surface area contributed by atoms with Gasteiger partial charge in [-0.1, -0.05) is 37.6 Å². The number of hydrogen-bond donors (Lipinski definition) is 0. The summed E-state index contributed by atoms with van der Waals surface area (Å²) in [6.45, 7) is 2.53. The van der Waals surface area contributed by atoms with E-state index in [9.17, 15) is 4.79 Å². The van der Waals surface area contributed by atoms with Crippen LogP contribution in [0.3, 0.4) is 0 Å². The fourth-order valence-corrected chi connectivity index (χ4v) is 2.52. The van der Waals surface area contributed by atoms with E-state index in [0.717, 1.165) is 17.5 Å². The van der Waals surface area contributed by atoms with Crippen LogP contribution in [0.4, 0.5) is 0 Å². The highest BCUT2D eigenvalue weighted by molar-refractivity contribution is 5.64. The lowest BCUT2D eigenvalue weighted by Gasteiger charge is -2.09. The van der Waals surface area contributed by atoms with E-state index in [1.165, 1.54) is 18.4 Å². The lowest BCUT2D eigenvalue weighted by atomic mass is 10.0. The summed E-state index contributed by atoms with van der Waals surface area (Å²) in [6, 6.07) is 8.29. The SMILES string of the molecule is CCCCc1cccc(-c2cn(C)cc(COC)c2=O)c1. The van der Waals surface area contributed by atoms with E-state index in [2.05, 4.69) is 19.1 Å². The van der Waals surface area contributed by atoms with Crippen LogP contribution in [0, 0.1) is 0 Å². The monoisotopic (exact) mass is 285 g/mol. The van der Waals surface area contributed by atoms with Crippen molar-refractivity contribution >= 4 is 0 Å². The summed E-state index contributed by atoms with van der Waals surface area (Å²) in [5.74, 6) is 0. The minimum Gasteiger partial charge on any atom is -0.380 e. The molecule has 112 valence electrons. The zero-order valence-corrected chi connectivity index (χ0v) is 13.1. The van der Waals surface area contributed by atoms with Gasteiger partial charge in [0, 0.05) is 37.7 Å². The molecule has 0 spiro atoms. The molecule has 0 unspecified atom stereocenters. The fourth-order valence-electron chi connectivity index (χ4n) is 2.52. The third-order valence-electron chi connectivity index (χ3n) is 3.59. The smallest absolute Gasteiger partial charge is 0.194 e. The number of nitrogens with zero attached hydrogens (tertiary/aromatic N) is 1. The molecule has 0 saturated carbocycles. The molecule has 0 bridgehead atoms. The van der Waals surface area contributed by atoms with Crippen LogP contribution in [-0.2, 0) is 24.8 Å². The van der Waals surface area contributed by atoms with E-state index < -0.39 is 0 Å². The molecule has 0 radical (unpaired) electrons. The quantitative estimate of drug-likeness (QED) is 0.813. The van der Waals surface area contributed by atoms with E-state index in [4.69, 9.17) is 4.74 Å². The lowest BCUT2D eigenvalue weighted by Crippen LogP contribution is -2.15. The van der Waals surface area contributed by atoms with Crippen molar-refractivity contribution in [2.45, 2.75) is 32.8 Å². The first-order valence-electron chi connectivity index (χ1n) is 7.43. The second-order valence-corrected chi connectivity index (χ2v) is 5.43. The molecule has 0 aliphatic carbocycles. The molecule has 3 nitrogen and oxygen atoms in total. The lowest BCUT2D eigenvalue weighted by molar-refractivity contribution is 0.183. The van der Waals surface area contributed by atoms with Crippen molar-refractivity contribution in [3.63, 3.8) is 0 Å². The van der Waals surface area contributed by atoms with Gasteiger partial charge in [0.1, 0.15) is 0 Å². The Bertz CT molecular complexity index is 659. The molecule has 0 aliphatic rings. The number of aromatic nitrogens is 1. The largest absolute Gasteiger partial charge is 0.380 e. The Balaban J connectivity index is 2.44. The Kier molecular flexibility index (Phi) is 5.34. The van der Waals surface area contributed by atoms with Crippen molar-refractivity contribution < 1.29 is 4.74 Å². The fraction of sp³-hybridized carbons (Fsp3) is 0.389. The number of pyridine rings is 1. The first kappa shape index (κ1) is 15.5. The molecule has 1 aromatic carbocycles. The first-order chi connectivity index (χ1) is 10.2. The van der Waals surface area contributed by atoms with Crippen molar-refractivity contribution in [2.24, 2.45) is 7.05 Å². The maximum Gasteiger partial charge on any atom is 0.194 e. The van der Waals surface area contributed by atoms with E-state index in [-0.39, 0.29) is 5.43 Å². The van der Waals surface area contributed by atoms with Crippen LogP contribution < -0.4 is 5.43 Å². The highest BCUT2D eigenvalue weighted by atomic mass is 16.5. The zero-order chi connectivity index (χ0) is 15.2. The maximum atomic E-state index is 12.5. The van der Waals surface area contributed by atoms with Gasteiger partial charge in [-0.15, -0.1) is 0 Å². The van der Waals surface area contributed by atoms with Crippen LogP contribution in [0.25, 0.3) is 11.1 Å². The predicted molar refractivity (Wildman–Crippen MR) is 86.4 cm³/mol. The summed E-state index contributed by atoms with van der Waals surface area (Å²) in [5.41, 5.74) is 3.76. The first-order valence-corrected chi connectivity index (χ1v) is 7.43. The maximum absolute atomic E-state index is 12.5. The van der Waals surface area contributed by atoms with Crippen molar-refractivity contribution in [1.82, 2.24) is 4.57 Å². The summed E-state index contributed by atoms with van der Waals surface area (Å²) < 4.78 is 7.04. The molecule has 3 heteroatoms. The van der Waals surface area contributed by atoms with Gasteiger partial charge in [0.05, 0.1) is 6.61 Å². The number of hydrogen-bond acceptors (Lipinski definition) is 2. The summed E-state index contributed by atoms with van der Waals surface area (Å²) in [6.07, 6.45) is 7.12. The minimum absolute atomic E-state index is 0.0580. The molecular weight excluding hydrogens is 262 g/mol. The molecular formula is C18H23NO2. The van der Waals surface area contributed by atoms with Crippen LogP contribution in [0.2, 0.25) is 0 Å². The molecule has 0 fully saturated rings. The second-order valence-electron chi connectivity index (χ2n) is 5.43. The molecule has 2 rings (SSSR count). The Labute approximate surface area is 126 Å². The average molecular weight is 285 g/mol. The third-order valence-corrected chi connectivity index (χ3v) is 3.59. The van der Waals surface area contributed by atoms with Crippen molar-refractivity contribution in [2.75, 3.05) is 7.11 Å². The van der Waals surface area contributed by atoms with Gasteiger partial charge in [0.15, 0.2) is 5.43 Å². The summed E-state index contributed by atoms with van der Waals surface area (Å²) in [4.78, 5) is 12.5. The number of methoxy groups -OCH3 is 1. The van der Waals surface area contributed by atoms with E-state index in [0.29, 0.717) is 12.2 Å². The summed E-state index contributed by atoms with van der Waals surface area (Å²) in [7, 11) is 3.54. The van der Waals surface area contributed by atoms with E-state index in [1.54, 1.807) is 7.11 Å². The summed E-state index contributed by atoms with van der Waals surface area (Å²) >= 11 is 0. The van der Waals surface area contributed by atoms with Gasteiger partial charge in [0.2, 0.25) is 0 Å². The van der Waals surface area contributed by atoms with E-state index in [1.807, 2.05) is 36.1 Å². The highest BCUT2D eigenvalue weighted by Crippen LogP contribution is 2.19. The number of aryl methyl sites for hydroxylation is 2. The summed E-state index contributed by atoms with van der Waals surface area (Å²) in [5, 5.41) is 0. The molecule has 0 N–H and O–H groups in total. The average Bonchev–Trinajstić information content (AvgIpc) is 2.49. The zero-order valence-electron chi connectivity index (χ0n) is 13.1. The second kappa shape index (κ2) is 7.23. The molecule has 0 saturated heterocycles. The molecule has 1 aromatic heterocycles. The van der Waals surface area contributed by atoms with Crippen molar-refractivity contribution in [1.29, 1.82) is 0 Å². The standard InChI is InChI=1S/C18H23NO2/c1-4-5-7-14-8-6-9-15(10-14)17-12-19(2)11-16(13-21-3)18(17)20/h6,8-12H,4-5,7,13H2,1-3H3. The van der Waals surface area contributed by atoms with E-state index >= 15 is 0 Å². The van der Waals surface area contributed by atoms with Gasteiger partial charge in [-0.25, -0.2) is 0 Å². The van der Waals surface area contributed by atoms with Gasteiger partial charge in [-0.2, -0.15) is 0 Å². The molecule has 2 aromatic rings. The molecule has 0 atom stereocenters. The molecule has 0 amide bonds. The Morgan fingerprint density at radius 3 is 2.76 bits per heavy atom. The van der Waals surface area contributed by atoms with Crippen LogP contribution in [0.15, 0.2) is 41.5 Å². The number of rotatable bonds is 6. The van der Waals surface area contributed by atoms with Gasteiger partial charge >= 0.3 is 0 Å². The minimum atomic E-state index is 0.0580. The molecule has 21 heavy (non-hydrogen) atoms.